The number of benzene rings is 1. The molecule has 1 saturated heterocycles. The Hall–Kier alpha value is -1.24. The highest BCUT2D eigenvalue weighted by Crippen LogP contribution is 2.34. The average Bonchev–Trinajstić information content (AvgIpc) is 2.63. The minimum atomic E-state index is -4.54. The van der Waals surface area contributed by atoms with E-state index in [1.54, 1.807) is 0 Å². The fraction of sp³-hybridized carbons (Fsp3) is 0.300. The van der Waals surface area contributed by atoms with Crippen LogP contribution in [0.25, 0.3) is 0 Å². The molecule has 1 aliphatic rings. The second kappa shape index (κ2) is 4.21. The highest BCUT2D eigenvalue weighted by molar-refractivity contribution is 8.00. The van der Waals surface area contributed by atoms with Gasteiger partial charge < -0.3 is 0 Å². The van der Waals surface area contributed by atoms with Gasteiger partial charge in [-0.1, -0.05) is 0 Å². The standard InChI is InChI=1S/C10H7F4NOS/c11-7-2-1-6(10(12,13)14)3-8(7)15-5-17-4-9(15)16/h1-3H,4-5H2. The first-order valence-corrected chi connectivity index (χ1v) is 5.80. The fourth-order valence-corrected chi connectivity index (χ4v) is 2.36. The van der Waals surface area contributed by atoms with Crippen LogP contribution in [0.5, 0.6) is 0 Å². The smallest absolute Gasteiger partial charge is 0.299 e. The van der Waals surface area contributed by atoms with Gasteiger partial charge in [0.15, 0.2) is 0 Å². The number of amides is 1. The number of carbonyl (C=O) groups is 1. The first kappa shape index (κ1) is 12.2. The number of halogens is 4. The predicted octanol–water partition coefficient (Wildman–Crippen LogP) is 2.88. The second-order valence-electron chi connectivity index (χ2n) is 3.46. The zero-order valence-electron chi connectivity index (χ0n) is 8.42. The van der Waals surface area contributed by atoms with Gasteiger partial charge in [-0.2, -0.15) is 13.2 Å². The molecular formula is C10H7F4NOS. The van der Waals surface area contributed by atoms with Crippen molar-refractivity contribution in [2.24, 2.45) is 0 Å². The quantitative estimate of drug-likeness (QED) is 0.728. The van der Waals surface area contributed by atoms with Crippen molar-refractivity contribution in [1.82, 2.24) is 0 Å². The van der Waals surface area contributed by atoms with Crippen LogP contribution in [0.4, 0.5) is 23.2 Å². The Bertz CT molecular complexity index is 460. The molecule has 1 aliphatic heterocycles. The number of alkyl halides is 3. The van der Waals surface area contributed by atoms with Gasteiger partial charge in [0.1, 0.15) is 5.82 Å². The van der Waals surface area contributed by atoms with Crippen molar-refractivity contribution < 1.29 is 22.4 Å². The van der Waals surface area contributed by atoms with E-state index in [0.29, 0.717) is 12.1 Å². The minimum absolute atomic E-state index is 0.162. The molecule has 1 amide bonds. The number of anilines is 1. The highest BCUT2D eigenvalue weighted by Gasteiger charge is 2.33. The number of thioether (sulfide) groups is 1. The molecule has 0 spiro atoms. The number of hydrogen-bond acceptors (Lipinski definition) is 2. The Morgan fingerprint density at radius 1 is 1.29 bits per heavy atom. The zero-order chi connectivity index (χ0) is 12.6. The van der Waals surface area contributed by atoms with Gasteiger partial charge in [-0.15, -0.1) is 11.8 Å². The summed E-state index contributed by atoms with van der Waals surface area (Å²) in [6.45, 7) is 0. The molecule has 0 unspecified atom stereocenters. The summed E-state index contributed by atoms with van der Waals surface area (Å²) in [7, 11) is 0. The summed E-state index contributed by atoms with van der Waals surface area (Å²) in [6, 6.07) is 2.06. The molecule has 17 heavy (non-hydrogen) atoms. The number of carbonyl (C=O) groups excluding carboxylic acids is 1. The summed E-state index contributed by atoms with van der Waals surface area (Å²) in [6.07, 6.45) is -4.54. The molecule has 0 radical (unpaired) electrons. The Labute approximate surface area is 98.6 Å². The highest BCUT2D eigenvalue weighted by atomic mass is 32.2. The van der Waals surface area contributed by atoms with Gasteiger partial charge >= 0.3 is 6.18 Å². The van der Waals surface area contributed by atoms with Crippen molar-refractivity contribution in [1.29, 1.82) is 0 Å². The third-order valence-corrected chi connectivity index (χ3v) is 3.20. The average molecular weight is 265 g/mol. The van der Waals surface area contributed by atoms with Gasteiger partial charge in [-0.25, -0.2) is 4.39 Å². The topological polar surface area (TPSA) is 20.3 Å². The van der Waals surface area contributed by atoms with E-state index in [-0.39, 0.29) is 23.2 Å². The maximum absolute atomic E-state index is 13.4. The van der Waals surface area contributed by atoms with Crippen LogP contribution in [-0.4, -0.2) is 17.5 Å². The summed E-state index contributed by atoms with van der Waals surface area (Å²) in [5.41, 5.74) is -1.27. The van der Waals surface area contributed by atoms with Crippen LogP contribution in [0.2, 0.25) is 0 Å². The lowest BCUT2D eigenvalue weighted by Crippen LogP contribution is -2.26. The third-order valence-electron chi connectivity index (χ3n) is 2.31. The molecule has 0 aromatic heterocycles. The number of nitrogens with zero attached hydrogens (tertiary/aromatic N) is 1. The van der Waals surface area contributed by atoms with Gasteiger partial charge in [0, 0.05) is 0 Å². The number of hydrogen-bond donors (Lipinski definition) is 0. The lowest BCUT2D eigenvalue weighted by atomic mass is 10.1. The van der Waals surface area contributed by atoms with Crippen molar-refractivity contribution in [2.45, 2.75) is 6.18 Å². The summed E-state index contributed by atoms with van der Waals surface area (Å²) in [5.74, 6) is -0.866. The Balaban J connectivity index is 2.42. The lowest BCUT2D eigenvalue weighted by molar-refractivity contribution is -0.137. The minimum Gasteiger partial charge on any atom is -0.299 e. The van der Waals surface area contributed by atoms with Crippen molar-refractivity contribution in [2.75, 3.05) is 16.5 Å². The molecule has 2 nitrogen and oxygen atoms in total. The van der Waals surface area contributed by atoms with Gasteiger partial charge in [-0.3, -0.25) is 9.69 Å². The van der Waals surface area contributed by atoms with Crippen LogP contribution in [-0.2, 0) is 11.0 Å². The SMILES string of the molecule is O=C1CSCN1c1cc(C(F)(F)F)ccc1F. The molecule has 1 aromatic carbocycles. The van der Waals surface area contributed by atoms with E-state index in [1.807, 2.05) is 0 Å². The van der Waals surface area contributed by atoms with Crippen LogP contribution < -0.4 is 4.90 Å². The first-order chi connectivity index (χ1) is 7.89. The summed E-state index contributed by atoms with van der Waals surface area (Å²) >= 11 is 1.24. The van der Waals surface area contributed by atoms with Gasteiger partial charge in [-0.05, 0) is 18.2 Å². The van der Waals surface area contributed by atoms with Crippen molar-refractivity contribution >= 4 is 23.4 Å². The first-order valence-electron chi connectivity index (χ1n) is 4.64. The fourth-order valence-electron chi connectivity index (χ4n) is 1.47. The van der Waals surface area contributed by atoms with E-state index >= 15 is 0 Å². The molecule has 0 N–H and O–H groups in total. The molecule has 1 heterocycles. The number of rotatable bonds is 1. The van der Waals surface area contributed by atoms with Crippen molar-refractivity contribution in [3.8, 4) is 0 Å². The predicted molar refractivity (Wildman–Crippen MR) is 56.2 cm³/mol. The van der Waals surface area contributed by atoms with Crippen LogP contribution in [0.1, 0.15) is 5.56 Å². The molecule has 1 fully saturated rings. The maximum atomic E-state index is 13.4. The molecule has 7 heteroatoms. The van der Waals surface area contributed by atoms with E-state index < -0.39 is 17.6 Å². The van der Waals surface area contributed by atoms with Crippen LogP contribution >= 0.6 is 11.8 Å². The molecule has 2 rings (SSSR count). The molecule has 0 aliphatic carbocycles. The van der Waals surface area contributed by atoms with Crippen molar-refractivity contribution in [3.05, 3.63) is 29.6 Å². The van der Waals surface area contributed by atoms with Gasteiger partial charge in [0.25, 0.3) is 0 Å². The second-order valence-corrected chi connectivity index (χ2v) is 4.42. The van der Waals surface area contributed by atoms with E-state index in [0.717, 1.165) is 11.0 Å². The molecule has 0 bridgehead atoms. The third kappa shape index (κ3) is 2.38. The van der Waals surface area contributed by atoms with Crippen LogP contribution in [0, 0.1) is 5.82 Å². The Morgan fingerprint density at radius 2 is 2.00 bits per heavy atom. The largest absolute Gasteiger partial charge is 0.416 e. The summed E-state index contributed by atoms with van der Waals surface area (Å²) in [5, 5.41) is 0. The normalized spacial score (nSPS) is 16.7. The monoisotopic (exact) mass is 265 g/mol. The Morgan fingerprint density at radius 3 is 2.53 bits per heavy atom. The summed E-state index contributed by atoms with van der Waals surface area (Å²) in [4.78, 5) is 12.4. The maximum Gasteiger partial charge on any atom is 0.416 e. The molecule has 0 atom stereocenters. The van der Waals surface area contributed by atoms with Gasteiger partial charge in [0.2, 0.25) is 5.91 Å². The Kier molecular flexibility index (Phi) is 3.03. The van der Waals surface area contributed by atoms with E-state index in [1.165, 1.54) is 11.8 Å². The molecule has 1 aromatic rings. The van der Waals surface area contributed by atoms with Gasteiger partial charge in [0.05, 0.1) is 22.9 Å². The molecule has 92 valence electrons. The molecule has 0 saturated carbocycles. The van der Waals surface area contributed by atoms with E-state index in [4.69, 9.17) is 0 Å². The van der Waals surface area contributed by atoms with E-state index in [2.05, 4.69) is 0 Å². The van der Waals surface area contributed by atoms with Crippen LogP contribution in [0.15, 0.2) is 18.2 Å². The molecular weight excluding hydrogens is 258 g/mol. The summed E-state index contributed by atoms with van der Waals surface area (Å²) < 4.78 is 50.8. The lowest BCUT2D eigenvalue weighted by Gasteiger charge is -2.17. The van der Waals surface area contributed by atoms with Crippen LogP contribution in [0.3, 0.4) is 0 Å². The zero-order valence-corrected chi connectivity index (χ0v) is 9.24. The van der Waals surface area contributed by atoms with Crippen molar-refractivity contribution in [3.63, 3.8) is 0 Å². The van der Waals surface area contributed by atoms with E-state index in [9.17, 15) is 22.4 Å².